The molecule has 148 valence electrons. The van der Waals surface area contributed by atoms with Crippen LogP contribution in [0.4, 0.5) is 0 Å². The lowest BCUT2D eigenvalue weighted by atomic mass is 9.85. The van der Waals surface area contributed by atoms with Gasteiger partial charge in [-0.05, 0) is 25.2 Å². The third-order valence-electron chi connectivity index (χ3n) is 6.58. The predicted octanol–water partition coefficient (Wildman–Crippen LogP) is 8.21. The average molecular weight is 351 g/mol. The third kappa shape index (κ3) is 10.6. The number of hydrogen-bond acceptors (Lipinski definition) is 1. The van der Waals surface area contributed by atoms with E-state index in [1.54, 1.807) is 0 Å². The van der Waals surface area contributed by atoms with E-state index in [0.717, 1.165) is 5.92 Å². The van der Waals surface area contributed by atoms with Crippen molar-refractivity contribution in [2.24, 2.45) is 5.92 Å². The van der Waals surface area contributed by atoms with Crippen LogP contribution in [0, 0.1) is 5.92 Å². The van der Waals surface area contributed by atoms with Gasteiger partial charge in [0.15, 0.2) is 0 Å². The normalized spacial score (nSPS) is 25.1. The zero-order valence-corrected chi connectivity index (χ0v) is 17.3. The van der Waals surface area contributed by atoms with E-state index in [4.69, 9.17) is 4.74 Å². The van der Waals surface area contributed by atoms with Crippen molar-refractivity contribution >= 4 is 0 Å². The van der Waals surface area contributed by atoms with Gasteiger partial charge in [-0.1, -0.05) is 116 Å². The molecule has 3 atom stereocenters. The van der Waals surface area contributed by atoms with Gasteiger partial charge in [-0.15, -0.1) is 0 Å². The van der Waals surface area contributed by atoms with Crippen LogP contribution in [0.3, 0.4) is 0 Å². The quantitative estimate of drug-likeness (QED) is 0.190. The second-order valence-corrected chi connectivity index (χ2v) is 8.98. The third-order valence-corrected chi connectivity index (χ3v) is 6.58. The molecular weight excluding hydrogens is 304 g/mol. The van der Waals surface area contributed by atoms with E-state index < -0.39 is 0 Å². The van der Waals surface area contributed by atoms with Gasteiger partial charge in [-0.3, -0.25) is 0 Å². The van der Waals surface area contributed by atoms with Crippen LogP contribution in [-0.4, -0.2) is 12.2 Å². The zero-order chi connectivity index (χ0) is 17.6. The van der Waals surface area contributed by atoms with Crippen LogP contribution < -0.4 is 0 Å². The number of rotatable bonds is 17. The molecule has 1 aliphatic heterocycles. The zero-order valence-electron chi connectivity index (χ0n) is 17.3. The monoisotopic (exact) mass is 350 g/mol. The van der Waals surface area contributed by atoms with Gasteiger partial charge < -0.3 is 4.74 Å². The number of epoxide rings is 1. The van der Waals surface area contributed by atoms with Crippen LogP contribution >= 0.6 is 0 Å². The van der Waals surface area contributed by atoms with Gasteiger partial charge in [0.25, 0.3) is 0 Å². The molecule has 1 saturated carbocycles. The molecule has 0 N–H and O–H groups in total. The minimum Gasteiger partial charge on any atom is -0.370 e. The van der Waals surface area contributed by atoms with Crippen LogP contribution in [0.25, 0.3) is 0 Å². The van der Waals surface area contributed by atoms with Crippen molar-refractivity contribution < 1.29 is 4.74 Å². The highest BCUT2D eigenvalue weighted by Gasteiger charge is 2.43. The van der Waals surface area contributed by atoms with E-state index in [9.17, 15) is 0 Å². The van der Waals surface area contributed by atoms with Gasteiger partial charge >= 0.3 is 0 Å². The van der Waals surface area contributed by atoms with Crippen LogP contribution in [-0.2, 0) is 4.74 Å². The second-order valence-electron chi connectivity index (χ2n) is 8.98. The molecule has 0 aromatic heterocycles. The number of hydrogen-bond donors (Lipinski definition) is 0. The molecule has 2 fully saturated rings. The fourth-order valence-electron chi connectivity index (χ4n) is 4.73. The van der Waals surface area contributed by atoms with E-state index in [1.807, 2.05) is 0 Å². The lowest BCUT2D eigenvalue weighted by Crippen LogP contribution is -2.13. The predicted molar refractivity (Wildman–Crippen MR) is 110 cm³/mol. The summed E-state index contributed by atoms with van der Waals surface area (Å²) in [5.74, 6) is 0.996. The lowest BCUT2D eigenvalue weighted by molar-refractivity contribution is 0.343. The number of fused-ring (bicyclic) bond motifs is 1. The molecule has 25 heavy (non-hydrogen) atoms. The van der Waals surface area contributed by atoms with Crippen molar-refractivity contribution in [2.45, 2.75) is 148 Å². The average Bonchev–Trinajstić information content (AvgIpc) is 3.40. The Morgan fingerprint density at radius 2 is 1.04 bits per heavy atom. The fourth-order valence-corrected chi connectivity index (χ4v) is 4.73. The molecular formula is C24H46O. The van der Waals surface area contributed by atoms with E-state index in [2.05, 4.69) is 6.92 Å². The Bertz CT molecular complexity index is 300. The van der Waals surface area contributed by atoms with E-state index >= 15 is 0 Å². The Hall–Kier alpha value is -0.0400. The number of ether oxygens (including phenoxy) is 1. The highest BCUT2D eigenvalue weighted by Crippen LogP contribution is 2.41. The van der Waals surface area contributed by atoms with Gasteiger partial charge in [0.05, 0.1) is 12.2 Å². The fraction of sp³-hybridized carbons (Fsp3) is 1.00. The minimum atomic E-state index is 0.680. The summed E-state index contributed by atoms with van der Waals surface area (Å²) in [6.07, 6.45) is 30.6. The largest absolute Gasteiger partial charge is 0.370 e. The Labute approximate surface area is 158 Å². The van der Waals surface area contributed by atoms with Crippen LogP contribution in [0.5, 0.6) is 0 Å². The Balaban J connectivity index is 1.21. The summed E-state index contributed by atoms with van der Waals surface area (Å²) < 4.78 is 5.64. The summed E-state index contributed by atoms with van der Waals surface area (Å²) in [6, 6.07) is 0. The van der Waals surface area contributed by atoms with Crippen molar-refractivity contribution in [3.63, 3.8) is 0 Å². The maximum atomic E-state index is 5.64. The lowest BCUT2D eigenvalue weighted by Gasteiger charge is -2.18. The molecule has 0 amide bonds. The smallest absolute Gasteiger partial charge is 0.0844 e. The SMILES string of the molecule is CCCCCCCCCCCCCCCCCCC1CCC2OC2C1. The van der Waals surface area contributed by atoms with Gasteiger partial charge in [-0.25, -0.2) is 0 Å². The Kier molecular flexibility index (Phi) is 12.0. The molecule has 0 radical (unpaired) electrons. The molecule has 0 aromatic rings. The molecule has 1 aliphatic carbocycles. The molecule has 0 spiro atoms. The molecule has 0 bridgehead atoms. The minimum absolute atomic E-state index is 0.680. The van der Waals surface area contributed by atoms with Crippen molar-refractivity contribution in [1.29, 1.82) is 0 Å². The summed E-state index contributed by atoms with van der Waals surface area (Å²) in [5.41, 5.74) is 0. The van der Waals surface area contributed by atoms with Crippen molar-refractivity contribution in [3.8, 4) is 0 Å². The summed E-state index contributed by atoms with van der Waals surface area (Å²) in [5, 5.41) is 0. The first-order valence-corrected chi connectivity index (χ1v) is 12.1. The van der Waals surface area contributed by atoms with E-state index in [0.29, 0.717) is 12.2 Å². The van der Waals surface area contributed by atoms with Gasteiger partial charge in [0.1, 0.15) is 0 Å². The number of unbranched alkanes of at least 4 members (excludes halogenated alkanes) is 15. The standard InChI is InChI=1S/C24H46O/c1-2-3-4-5-6-7-8-9-10-11-12-13-14-15-16-17-18-22-19-20-23-24(21-22)25-23/h22-24H,2-21H2,1H3. The summed E-state index contributed by atoms with van der Waals surface area (Å²) >= 11 is 0. The first kappa shape index (κ1) is 21.3. The second kappa shape index (κ2) is 14.1. The molecule has 2 aliphatic rings. The van der Waals surface area contributed by atoms with E-state index in [-0.39, 0.29) is 0 Å². The first-order valence-electron chi connectivity index (χ1n) is 12.1. The van der Waals surface area contributed by atoms with Crippen LogP contribution in [0.2, 0.25) is 0 Å². The summed E-state index contributed by atoms with van der Waals surface area (Å²) in [7, 11) is 0. The van der Waals surface area contributed by atoms with Crippen molar-refractivity contribution in [1.82, 2.24) is 0 Å². The molecule has 1 saturated heterocycles. The molecule has 0 aromatic carbocycles. The topological polar surface area (TPSA) is 12.5 Å². The summed E-state index contributed by atoms with van der Waals surface area (Å²) in [4.78, 5) is 0. The van der Waals surface area contributed by atoms with Crippen LogP contribution in [0.15, 0.2) is 0 Å². The maximum Gasteiger partial charge on any atom is 0.0844 e. The molecule has 2 rings (SSSR count). The van der Waals surface area contributed by atoms with Crippen molar-refractivity contribution in [2.75, 3.05) is 0 Å². The Morgan fingerprint density at radius 3 is 1.52 bits per heavy atom. The highest BCUT2D eigenvalue weighted by atomic mass is 16.6. The van der Waals surface area contributed by atoms with Gasteiger partial charge in [0, 0.05) is 0 Å². The first-order chi connectivity index (χ1) is 12.4. The molecule has 3 unspecified atom stereocenters. The van der Waals surface area contributed by atoms with Gasteiger partial charge in [0.2, 0.25) is 0 Å². The molecule has 1 nitrogen and oxygen atoms in total. The van der Waals surface area contributed by atoms with Gasteiger partial charge in [-0.2, -0.15) is 0 Å². The van der Waals surface area contributed by atoms with Crippen molar-refractivity contribution in [3.05, 3.63) is 0 Å². The van der Waals surface area contributed by atoms with Crippen LogP contribution in [0.1, 0.15) is 135 Å². The summed E-state index contributed by atoms with van der Waals surface area (Å²) in [6.45, 7) is 2.30. The molecule has 1 heterocycles. The molecule has 1 heteroatoms. The Morgan fingerprint density at radius 1 is 0.560 bits per heavy atom. The highest BCUT2D eigenvalue weighted by molar-refractivity contribution is 4.91. The van der Waals surface area contributed by atoms with E-state index in [1.165, 1.54) is 128 Å². The maximum absolute atomic E-state index is 5.64.